The van der Waals surface area contributed by atoms with Crippen LogP contribution in [0.15, 0.2) is 11.4 Å². The molecule has 1 aliphatic heterocycles. The predicted molar refractivity (Wildman–Crippen MR) is 73.3 cm³/mol. The first-order chi connectivity index (χ1) is 9.00. The van der Waals surface area contributed by atoms with Crippen molar-refractivity contribution in [2.45, 2.75) is 18.9 Å². The number of carboxylic acids is 1. The van der Waals surface area contributed by atoms with E-state index in [-0.39, 0.29) is 5.91 Å². The highest BCUT2D eigenvalue weighted by molar-refractivity contribution is 7.10. The summed E-state index contributed by atoms with van der Waals surface area (Å²) < 4.78 is 0. The summed E-state index contributed by atoms with van der Waals surface area (Å²) in [7, 11) is 3.42. The van der Waals surface area contributed by atoms with Crippen LogP contribution in [-0.2, 0) is 16.0 Å². The number of thiophene rings is 1. The van der Waals surface area contributed by atoms with Crippen LogP contribution in [0.2, 0.25) is 0 Å². The van der Waals surface area contributed by atoms with Crippen molar-refractivity contribution in [2.24, 2.45) is 0 Å². The lowest BCUT2D eigenvalue weighted by atomic mass is 10.00. The fourth-order valence-corrected chi connectivity index (χ4v) is 3.27. The van der Waals surface area contributed by atoms with Crippen LogP contribution >= 0.6 is 11.3 Å². The molecule has 0 aromatic carbocycles. The summed E-state index contributed by atoms with van der Waals surface area (Å²) >= 11 is 1.61. The summed E-state index contributed by atoms with van der Waals surface area (Å²) in [6.07, 6.45) is 1.23. The van der Waals surface area contributed by atoms with Gasteiger partial charge in [0.25, 0.3) is 0 Å². The molecule has 1 unspecified atom stereocenters. The molecule has 0 aliphatic carbocycles. The van der Waals surface area contributed by atoms with E-state index in [0.717, 1.165) is 16.9 Å². The summed E-state index contributed by atoms with van der Waals surface area (Å²) in [6, 6.07) is 1.28. The monoisotopic (exact) mass is 282 g/mol. The molecule has 1 atom stereocenters. The van der Waals surface area contributed by atoms with Gasteiger partial charge in [-0.25, -0.2) is 0 Å². The molecule has 0 radical (unpaired) electrons. The maximum Gasteiger partial charge on any atom is 0.325 e. The van der Waals surface area contributed by atoms with Crippen LogP contribution in [0.4, 0.5) is 0 Å². The number of hydrogen-bond acceptors (Lipinski definition) is 4. The molecule has 1 N–H and O–H groups in total. The highest BCUT2D eigenvalue weighted by atomic mass is 32.1. The van der Waals surface area contributed by atoms with E-state index < -0.39 is 12.0 Å². The molecular weight excluding hydrogens is 264 g/mol. The highest BCUT2D eigenvalue weighted by Crippen LogP contribution is 2.33. The molecule has 2 rings (SSSR count). The van der Waals surface area contributed by atoms with Crippen LogP contribution in [0.1, 0.15) is 22.9 Å². The van der Waals surface area contributed by atoms with Crippen LogP contribution in [-0.4, -0.2) is 54.0 Å². The third-order valence-electron chi connectivity index (χ3n) is 3.41. The van der Waals surface area contributed by atoms with Crippen molar-refractivity contribution < 1.29 is 14.7 Å². The maximum atomic E-state index is 11.6. The molecule has 2 heterocycles. The Bertz CT molecular complexity index is 484. The van der Waals surface area contributed by atoms with Crippen LogP contribution in [0.3, 0.4) is 0 Å². The van der Waals surface area contributed by atoms with Crippen molar-refractivity contribution in [1.82, 2.24) is 9.80 Å². The Kier molecular flexibility index (Phi) is 4.21. The molecule has 0 saturated carbocycles. The zero-order valence-electron chi connectivity index (χ0n) is 11.1. The molecule has 0 fully saturated rings. The first kappa shape index (κ1) is 14.0. The summed E-state index contributed by atoms with van der Waals surface area (Å²) in [6.45, 7) is 1.19. The normalized spacial score (nSPS) is 18.9. The van der Waals surface area contributed by atoms with Gasteiger partial charge in [-0.15, -0.1) is 11.3 Å². The van der Waals surface area contributed by atoms with Gasteiger partial charge in [0.2, 0.25) is 5.91 Å². The Morgan fingerprint density at radius 3 is 2.89 bits per heavy atom. The fraction of sp³-hybridized carbons (Fsp3) is 0.538. The Morgan fingerprint density at radius 2 is 2.26 bits per heavy atom. The van der Waals surface area contributed by atoms with Crippen molar-refractivity contribution >= 4 is 23.2 Å². The van der Waals surface area contributed by atoms with Crippen molar-refractivity contribution in [1.29, 1.82) is 0 Å². The lowest BCUT2D eigenvalue weighted by molar-refractivity contribution is -0.144. The van der Waals surface area contributed by atoms with Gasteiger partial charge in [0.05, 0.1) is 0 Å². The average molecular weight is 282 g/mol. The summed E-state index contributed by atoms with van der Waals surface area (Å²) in [5.74, 6) is -0.808. The van der Waals surface area contributed by atoms with Crippen molar-refractivity contribution in [3.63, 3.8) is 0 Å². The molecule has 1 aromatic heterocycles. The van der Waals surface area contributed by atoms with Gasteiger partial charge < -0.3 is 10.0 Å². The molecule has 1 aromatic rings. The molecule has 0 spiro atoms. The van der Waals surface area contributed by atoms with E-state index in [1.807, 2.05) is 16.3 Å². The molecule has 1 amide bonds. The number of rotatable bonds is 4. The molecule has 19 heavy (non-hydrogen) atoms. The van der Waals surface area contributed by atoms with Crippen molar-refractivity contribution in [2.75, 3.05) is 27.2 Å². The second-order valence-corrected chi connectivity index (χ2v) is 5.86. The Hall–Kier alpha value is -1.40. The van der Waals surface area contributed by atoms with Crippen LogP contribution < -0.4 is 0 Å². The van der Waals surface area contributed by atoms with Gasteiger partial charge in [-0.1, -0.05) is 0 Å². The second kappa shape index (κ2) is 5.71. The molecular formula is C13H18N2O3S. The Balaban J connectivity index is 2.09. The van der Waals surface area contributed by atoms with E-state index in [9.17, 15) is 14.7 Å². The smallest absolute Gasteiger partial charge is 0.325 e. The number of amides is 1. The average Bonchev–Trinajstić information content (AvgIpc) is 2.82. The lowest BCUT2D eigenvalue weighted by Crippen LogP contribution is -2.41. The largest absolute Gasteiger partial charge is 0.480 e. The standard InChI is InChI=1S/C13H18N2O3S/c1-14(2)11(16)4-7-15-6-3-10-9(5-8-19-10)12(15)13(17)18/h5,8,12H,3-4,6-7H2,1-2H3,(H,17,18). The number of fused-ring (bicyclic) bond motifs is 1. The first-order valence-corrected chi connectivity index (χ1v) is 7.12. The summed E-state index contributed by atoms with van der Waals surface area (Å²) in [5.41, 5.74) is 0.890. The Morgan fingerprint density at radius 1 is 1.53 bits per heavy atom. The van der Waals surface area contributed by atoms with Gasteiger partial charge in [-0.3, -0.25) is 14.5 Å². The quantitative estimate of drug-likeness (QED) is 0.902. The summed E-state index contributed by atoms with van der Waals surface area (Å²) in [5, 5.41) is 11.4. The van der Waals surface area contributed by atoms with E-state index in [1.54, 1.807) is 25.4 Å². The first-order valence-electron chi connectivity index (χ1n) is 6.24. The Labute approximate surface area is 116 Å². The van der Waals surface area contributed by atoms with Gasteiger partial charge in [0, 0.05) is 38.5 Å². The van der Waals surface area contributed by atoms with Crippen LogP contribution in [0.5, 0.6) is 0 Å². The second-order valence-electron chi connectivity index (χ2n) is 4.86. The predicted octanol–water partition coefficient (Wildman–Crippen LogP) is 1.21. The van der Waals surface area contributed by atoms with Crippen LogP contribution in [0, 0.1) is 0 Å². The molecule has 1 aliphatic rings. The lowest BCUT2D eigenvalue weighted by Gasteiger charge is -2.33. The third kappa shape index (κ3) is 2.96. The SMILES string of the molecule is CN(C)C(=O)CCN1CCc2sccc2C1C(=O)O. The zero-order chi connectivity index (χ0) is 14.0. The minimum atomic E-state index is -0.836. The van der Waals surface area contributed by atoms with E-state index >= 15 is 0 Å². The number of hydrogen-bond donors (Lipinski definition) is 1. The van der Waals surface area contributed by atoms with Gasteiger partial charge in [0.15, 0.2) is 0 Å². The number of carbonyl (C=O) groups is 2. The third-order valence-corrected chi connectivity index (χ3v) is 4.41. The number of carbonyl (C=O) groups excluding carboxylic acids is 1. The number of carboxylic acid groups (broad SMARTS) is 1. The van der Waals surface area contributed by atoms with Gasteiger partial charge in [0.1, 0.15) is 6.04 Å². The van der Waals surface area contributed by atoms with E-state index in [1.165, 1.54) is 4.90 Å². The van der Waals surface area contributed by atoms with Gasteiger partial charge in [-0.2, -0.15) is 0 Å². The van der Waals surface area contributed by atoms with Gasteiger partial charge in [-0.05, 0) is 23.4 Å². The molecule has 104 valence electrons. The van der Waals surface area contributed by atoms with Gasteiger partial charge >= 0.3 is 5.97 Å². The molecule has 0 bridgehead atoms. The molecule has 0 saturated heterocycles. The van der Waals surface area contributed by atoms with Crippen molar-refractivity contribution in [3.8, 4) is 0 Å². The zero-order valence-corrected chi connectivity index (χ0v) is 11.9. The van der Waals surface area contributed by atoms with E-state index in [0.29, 0.717) is 19.5 Å². The van der Waals surface area contributed by atoms with Crippen molar-refractivity contribution in [3.05, 3.63) is 21.9 Å². The number of nitrogens with zero attached hydrogens (tertiary/aromatic N) is 2. The minimum absolute atomic E-state index is 0.0280. The maximum absolute atomic E-state index is 11.6. The van der Waals surface area contributed by atoms with E-state index in [4.69, 9.17) is 0 Å². The molecule has 6 heteroatoms. The number of aliphatic carboxylic acids is 1. The minimum Gasteiger partial charge on any atom is -0.480 e. The molecule has 5 nitrogen and oxygen atoms in total. The fourth-order valence-electron chi connectivity index (χ4n) is 2.36. The topological polar surface area (TPSA) is 60.9 Å². The van der Waals surface area contributed by atoms with E-state index in [2.05, 4.69) is 0 Å². The highest BCUT2D eigenvalue weighted by Gasteiger charge is 2.33. The summed E-state index contributed by atoms with van der Waals surface area (Å²) in [4.78, 5) is 27.7. The van der Waals surface area contributed by atoms with Crippen LogP contribution in [0.25, 0.3) is 0 Å².